The van der Waals surface area contributed by atoms with E-state index in [1.165, 1.54) is 12.1 Å². The van der Waals surface area contributed by atoms with Gasteiger partial charge in [0.1, 0.15) is 6.54 Å². The first kappa shape index (κ1) is 23.1. The number of likely N-dealkylation sites (N-methyl/N-ethyl adjacent to an activating group) is 1. The molecule has 1 amide bonds. The summed E-state index contributed by atoms with van der Waals surface area (Å²) in [6.07, 6.45) is 0. The summed E-state index contributed by atoms with van der Waals surface area (Å²) in [5.74, 6) is -0.194. The number of aromatic nitrogens is 1. The van der Waals surface area contributed by atoms with Gasteiger partial charge in [0.25, 0.3) is 11.6 Å². The van der Waals surface area contributed by atoms with Crippen LogP contribution in [-0.2, 0) is 6.54 Å². The molecule has 0 spiro atoms. The molecule has 1 heterocycles. The van der Waals surface area contributed by atoms with Gasteiger partial charge in [0.05, 0.1) is 54.4 Å². The minimum absolute atomic E-state index is 0.0774. The first-order valence-electron chi connectivity index (χ1n) is 11.1. The van der Waals surface area contributed by atoms with Crippen LogP contribution in [0.4, 0.5) is 11.4 Å². The first-order valence-corrected chi connectivity index (χ1v) is 11.1. The maximum absolute atomic E-state index is 13.1. The number of fused-ring (bicyclic) bond motifs is 2. The molecule has 174 valence electrons. The number of rotatable bonds is 7. The lowest BCUT2D eigenvalue weighted by atomic mass is 10.0. The molecule has 4 rings (SSSR count). The van der Waals surface area contributed by atoms with E-state index in [1.54, 1.807) is 18.2 Å². The molecule has 0 aliphatic rings. The highest BCUT2D eigenvalue weighted by molar-refractivity contribution is 6.13. The van der Waals surface area contributed by atoms with E-state index in [9.17, 15) is 14.9 Å². The van der Waals surface area contributed by atoms with Crippen LogP contribution in [0.5, 0.6) is 0 Å². The molecule has 0 bridgehead atoms. The quantitative estimate of drug-likeness (QED) is 0.187. The Kier molecular flexibility index (Phi) is 6.17. The molecule has 4 aromatic rings. The first-order chi connectivity index (χ1) is 16.2. The maximum Gasteiger partial charge on any atom is 0.269 e. The summed E-state index contributed by atoms with van der Waals surface area (Å²) >= 11 is 0. The molecular weight excluding hydrogens is 430 g/mol. The molecular formula is C26H28N5O3+. The van der Waals surface area contributed by atoms with Gasteiger partial charge in [-0.2, -0.15) is 0 Å². The zero-order chi connectivity index (χ0) is 24.5. The van der Waals surface area contributed by atoms with E-state index in [0.717, 1.165) is 27.4 Å². The highest BCUT2D eigenvalue weighted by atomic mass is 16.6. The molecule has 8 heteroatoms. The average molecular weight is 459 g/mol. The maximum atomic E-state index is 13.1. The molecule has 8 nitrogen and oxygen atoms in total. The van der Waals surface area contributed by atoms with Gasteiger partial charge >= 0.3 is 0 Å². The number of amides is 1. The second kappa shape index (κ2) is 9.07. The Morgan fingerprint density at radius 2 is 1.68 bits per heavy atom. The number of nitro benzene ring substituents is 1. The van der Waals surface area contributed by atoms with Gasteiger partial charge in [0, 0.05) is 28.5 Å². The van der Waals surface area contributed by atoms with Crippen LogP contribution >= 0.6 is 0 Å². The number of pyridine rings is 1. The highest BCUT2D eigenvalue weighted by Crippen LogP contribution is 2.31. The number of carbonyl (C=O) groups excluding carboxylic acids is 1. The van der Waals surface area contributed by atoms with Crippen molar-refractivity contribution in [2.24, 2.45) is 0 Å². The monoisotopic (exact) mass is 458 g/mol. The number of hydrogen-bond acceptors (Lipinski definition) is 5. The second-order valence-electron chi connectivity index (χ2n) is 9.20. The predicted molar refractivity (Wildman–Crippen MR) is 135 cm³/mol. The van der Waals surface area contributed by atoms with Crippen LogP contribution in [0.1, 0.15) is 21.5 Å². The zero-order valence-electron chi connectivity index (χ0n) is 19.5. The largest absolute Gasteiger partial charge is 0.398 e. The van der Waals surface area contributed by atoms with E-state index in [4.69, 9.17) is 10.7 Å². The molecule has 0 saturated carbocycles. The number of nitrogens with one attached hydrogen (secondary N) is 1. The van der Waals surface area contributed by atoms with Crippen molar-refractivity contribution in [1.82, 2.24) is 10.3 Å². The molecule has 0 radical (unpaired) electrons. The second-order valence-corrected chi connectivity index (χ2v) is 9.20. The van der Waals surface area contributed by atoms with Crippen molar-refractivity contribution in [2.75, 3.05) is 32.9 Å². The summed E-state index contributed by atoms with van der Waals surface area (Å²) in [5, 5.41) is 15.5. The Labute approximate surface area is 197 Å². The minimum Gasteiger partial charge on any atom is -0.398 e. The topological polar surface area (TPSA) is 111 Å². The number of quaternary nitrogens is 1. The van der Waals surface area contributed by atoms with Crippen LogP contribution in [0.3, 0.4) is 0 Å². The number of aryl methyl sites for hydroxylation is 1. The van der Waals surface area contributed by atoms with Crippen LogP contribution in [0, 0.1) is 17.0 Å². The lowest BCUT2D eigenvalue weighted by molar-refractivity contribution is -0.902. The highest BCUT2D eigenvalue weighted by Gasteiger charge is 2.19. The molecule has 0 atom stereocenters. The average Bonchev–Trinajstić information content (AvgIpc) is 2.79. The van der Waals surface area contributed by atoms with Crippen LogP contribution in [0.2, 0.25) is 0 Å². The number of benzene rings is 3. The fourth-order valence-electron chi connectivity index (χ4n) is 4.21. The van der Waals surface area contributed by atoms with E-state index in [2.05, 4.69) is 19.4 Å². The number of nitro groups is 1. The molecule has 0 fully saturated rings. The SMILES string of the molecule is Cc1cccc2c(N)c3cccc(C(=O)NCC[N+](C)(C)Cc4ccc([N+](=O)[O-])cc4)c3nc12. The molecule has 34 heavy (non-hydrogen) atoms. The molecule has 0 saturated heterocycles. The molecule has 0 aliphatic carbocycles. The zero-order valence-corrected chi connectivity index (χ0v) is 19.5. The van der Waals surface area contributed by atoms with E-state index in [0.29, 0.717) is 40.9 Å². The van der Waals surface area contributed by atoms with Crippen molar-refractivity contribution in [3.05, 3.63) is 87.5 Å². The van der Waals surface area contributed by atoms with E-state index >= 15 is 0 Å². The van der Waals surface area contributed by atoms with Crippen LogP contribution in [0.15, 0.2) is 60.7 Å². The summed E-state index contributed by atoms with van der Waals surface area (Å²) in [6, 6.07) is 17.9. The summed E-state index contributed by atoms with van der Waals surface area (Å²) in [6.45, 7) is 3.82. The Hall–Kier alpha value is -4.04. The summed E-state index contributed by atoms with van der Waals surface area (Å²) in [5.41, 5.74) is 11.0. The van der Waals surface area contributed by atoms with Crippen molar-refractivity contribution in [3.8, 4) is 0 Å². The predicted octanol–water partition coefficient (Wildman–Crippen LogP) is 4.19. The summed E-state index contributed by atoms with van der Waals surface area (Å²) in [7, 11) is 4.12. The molecule has 3 N–H and O–H groups in total. The summed E-state index contributed by atoms with van der Waals surface area (Å²) in [4.78, 5) is 28.3. The number of non-ortho nitro benzene ring substituents is 1. The van der Waals surface area contributed by atoms with Gasteiger partial charge in [-0.3, -0.25) is 14.9 Å². The number of carbonyl (C=O) groups is 1. The third-order valence-electron chi connectivity index (χ3n) is 6.08. The Balaban J connectivity index is 1.48. The Morgan fingerprint density at radius 1 is 1.03 bits per heavy atom. The van der Waals surface area contributed by atoms with Crippen molar-refractivity contribution in [3.63, 3.8) is 0 Å². The molecule has 0 aliphatic heterocycles. The standard InChI is InChI=1S/C26H27N5O3/c1-17-6-4-7-20-23(27)21-8-5-9-22(25(21)29-24(17)20)26(32)28-14-15-31(2,3)16-18-10-12-19(13-11-18)30(33)34/h4-13H,14-16H2,1-3H3,(H2-,27,28,29,32)/p+1. The van der Waals surface area contributed by atoms with Crippen molar-refractivity contribution in [2.45, 2.75) is 13.5 Å². The number of para-hydroxylation sites is 2. The van der Waals surface area contributed by atoms with E-state index in [1.807, 2.05) is 37.3 Å². The Bertz CT molecular complexity index is 1400. The van der Waals surface area contributed by atoms with Crippen molar-refractivity contribution >= 4 is 39.1 Å². The molecule has 1 aromatic heterocycles. The fraction of sp³-hybridized carbons (Fsp3) is 0.231. The van der Waals surface area contributed by atoms with E-state index < -0.39 is 4.92 Å². The van der Waals surface area contributed by atoms with Crippen molar-refractivity contribution in [1.29, 1.82) is 0 Å². The normalized spacial score (nSPS) is 11.6. The van der Waals surface area contributed by atoms with E-state index in [-0.39, 0.29) is 11.6 Å². The number of nitrogen functional groups attached to an aromatic ring is 1. The number of anilines is 1. The molecule has 0 unspecified atom stereocenters. The van der Waals surface area contributed by atoms with Gasteiger partial charge in [0.2, 0.25) is 0 Å². The van der Waals surface area contributed by atoms with Gasteiger partial charge in [-0.25, -0.2) is 4.98 Å². The Morgan fingerprint density at radius 3 is 2.35 bits per heavy atom. The third kappa shape index (κ3) is 4.67. The fourth-order valence-corrected chi connectivity index (χ4v) is 4.21. The van der Waals surface area contributed by atoms with Gasteiger partial charge < -0.3 is 15.5 Å². The van der Waals surface area contributed by atoms with Crippen LogP contribution < -0.4 is 11.1 Å². The lowest BCUT2D eigenvalue weighted by Crippen LogP contribution is -2.44. The van der Waals surface area contributed by atoms with Gasteiger partial charge in [-0.05, 0) is 30.7 Å². The molecule has 3 aromatic carbocycles. The van der Waals surface area contributed by atoms with Gasteiger partial charge in [-0.1, -0.05) is 30.3 Å². The van der Waals surface area contributed by atoms with Gasteiger partial charge in [0.15, 0.2) is 0 Å². The van der Waals surface area contributed by atoms with Gasteiger partial charge in [-0.15, -0.1) is 0 Å². The number of hydrogen-bond donors (Lipinski definition) is 2. The number of nitrogens with zero attached hydrogens (tertiary/aromatic N) is 3. The van der Waals surface area contributed by atoms with Crippen molar-refractivity contribution < 1.29 is 14.2 Å². The smallest absolute Gasteiger partial charge is 0.269 e. The summed E-state index contributed by atoms with van der Waals surface area (Å²) < 4.78 is 0.614. The van der Waals surface area contributed by atoms with Crippen LogP contribution in [-0.4, -0.2) is 47.5 Å². The van der Waals surface area contributed by atoms with Crippen LogP contribution in [0.25, 0.3) is 21.8 Å². The third-order valence-corrected chi connectivity index (χ3v) is 6.08. The minimum atomic E-state index is -0.404. The lowest BCUT2D eigenvalue weighted by Gasteiger charge is -2.30. The number of nitrogens with two attached hydrogens (primary N) is 1.